The molecule has 17 heavy (non-hydrogen) atoms. The third-order valence-corrected chi connectivity index (χ3v) is 2.47. The van der Waals surface area contributed by atoms with Crippen molar-refractivity contribution in [2.45, 2.75) is 0 Å². The molecular formula is C11H7ClN2O3. The van der Waals surface area contributed by atoms with Crippen molar-refractivity contribution in [1.29, 1.82) is 0 Å². The lowest BCUT2D eigenvalue weighted by atomic mass is 10.2. The molecular weight excluding hydrogens is 244 g/mol. The van der Waals surface area contributed by atoms with E-state index in [0.717, 1.165) is 5.56 Å². The molecule has 0 saturated heterocycles. The van der Waals surface area contributed by atoms with Gasteiger partial charge in [-0.2, -0.15) is 0 Å². The fourth-order valence-corrected chi connectivity index (χ4v) is 1.52. The molecule has 86 valence electrons. The Labute approximate surface area is 101 Å². The van der Waals surface area contributed by atoms with Crippen LogP contribution in [0.25, 0.3) is 6.08 Å². The van der Waals surface area contributed by atoms with Crippen LogP contribution in [0.15, 0.2) is 46.6 Å². The molecule has 0 fully saturated rings. The Hall–Kier alpha value is -2.14. The summed E-state index contributed by atoms with van der Waals surface area (Å²) in [6, 6.07) is 6.76. The molecule has 2 rings (SSSR count). The minimum atomic E-state index is -0.710. The summed E-state index contributed by atoms with van der Waals surface area (Å²) in [7, 11) is 0. The summed E-state index contributed by atoms with van der Waals surface area (Å²) in [5.41, 5.74) is 0.362. The van der Waals surface area contributed by atoms with Gasteiger partial charge < -0.3 is 10.4 Å². The zero-order valence-corrected chi connectivity index (χ0v) is 9.23. The first-order valence-electron chi connectivity index (χ1n) is 4.67. The number of hydrogen-bond donors (Lipinski definition) is 2. The molecule has 0 radical (unpaired) electrons. The van der Waals surface area contributed by atoms with E-state index in [-0.39, 0.29) is 5.70 Å². The van der Waals surface area contributed by atoms with Crippen LogP contribution in [-0.2, 0) is 4.79 Å². The van der Waals surface area contributed by atoms with Gasteiger partial charge in [-0.25, -0.2) is 0 Å². The van der Waals surface area contributed by atoms with Crippen molar-refractivity contribution in [3.8, 4) is 0 Å². The number of nitrogens with zero attached hydrogens (tertiary/aromatic N) is 1. The molecule has 0 aromatic heterocycles. The van der Waals surface area contributed by atoms with Gasteiger partial charge in [0.2, 0.25) is 5.70 Å². The molecule has 1 aliphatic rings. The Morgan fingerprint density at radius 3 is 2.47 bits per heavy atom. The number of halogens is 1. The van der Waals surface area contributed by atoms with E-state index in [1.807, 2.05) is 0 Å². The van der Waals surface area contributed by atoms with Crippen molar-refractivity contribution in [3.63, 3.8) is 0 Å². The van der Waals surface area contributed by atoms with Gasteiger partial charge in [-0.3, -0.25) is 4.79 Å². The van der Waals surface area contributed by atoms with Gasteiger partial charge in [-0.15, -0.1) is 4.91 Å². The van der Waals surface area contributed by atoms with E-state index in [4.69, 9.17) is 11.6 Å². The lowest BCUT2D eigenvalue weighted by Gasteiger charge is -1.99. The number of benzene rings is 1. The minimum Gasteiger partial charge on any atom is -0.504 e. The van der Waals surface area contributed by atoms with Gasteiger partial charge >= 0.3 is 0 Å². The SMILES string of the molecule is O=NC1=C(O)/C(=C\c2ccc(Cl)cc2)NC1=O. The van der Waals surface area contributed by atoms with Crippen LogP contribution >= 0.6 is 11.6 Å². The normalized spacial score (nSPS) is 17.5. The zero-order valence-electron chi connectivity index (χ0n) is 8.48. The second kappa shape index (κ2) is 4.39. The molecule has 2 N–H and O–H groups in total. The van der Waals surface area contributed by atoms with E-state index < -0.39 is 17.4 Å². The van der Waals surface area contributed by atoms with Crippen LogP contribution in [0.3, 0.4) is 0 Å². The van der Waals surface area contributed by atoms with E-state index in [9.17, 15) is 14.8 Å². The maximum Gasteiger partial charge on any atom is 0.281 e. The van der Waals surface area contributed by atoms with E-state index in [0.29, 0.717) is 5.02 Å². The Kier molecular flexibility index (Phi) is 2.93. The molecule has 6 heteroatoms. The number of nitroso groups, excluding NO2 is 1. The van der Waals surface area contributed by atoms with Gasteiger partial charge in [0.05, 0.1) is 5.70 Å². The number of carbonyl (C=O) groups is 1. The van der Waals surface area contributed by atoms with Crippen LogP contribution in [-0.4, -0.2) is 11.0 Å². The second-order valence-corrected chi connectivity index (χ2v) is 3.79. The van der Waals surface area contributed by atoms with E-state index in [1.54, 1.807) is 24.3 Å². The molecule has 0 spiro atoms. The lowest BCUT2D eigenvalue weighted by Crippen LogP contribution is -2.15. The fourth-order valence-electron chi connectivity index (χ4n) is 1.39. The smallest absolute Gasteiger partial charge is 0.281 e. The largest absolute Gasteiger partial charge is 0.504 e. The van der Waals surface area contributed by atoms with Crippen LogP contribution in [0.1, 0.15) is 5.56 Å². The summed E-state index contributed by atoms with van der Waals surface area (Å²) in [6.45, 7) is 0. The van der Waals surface area contributed by atoms with Gasteiger partial charge in [0.1, 0.15) is 0 Å². The molecule has 1 heterocycles. The molecule has 0 aliphatic carbocycles. The molecule has 1 aromatic rings. The maximum atomic E-state index is 11.2. The van der Waals surface area contributed by atoms with E-state index in [1.165, 1.54) is 6.08 Å². The van der Waals surface area contributed by atoms with Gasteiger partial charge in [-0.05, 0) is 28.9 Å². The predicted octanol–water partition coefficient (Wildman–Crippen LogP) is 2.35. The highest BCUT2D eigenvalue weighted by molar-refractivity contribution is 6.30. The summed E-state index contributed by atoms with van der Waals surface area (Å²) in [5, 5.41) is 14.9. The fraction of sp³-hybridized carbons (Fsp3) is 0. The van der Waals surface area contributed by atoms with Crippen LogP contribution in [0.5, 0.6) is 0 Å². The number of rotatable bonds is 2. The Bertz CT molecular complexity index is 546. The third kappa shape index (κ3) is 2.19. The van der Waals surface area contributed by atoms with E-state index in [2.05, 4.69) is 10.5 Å². The van der Waals surface area contributed by atoms with Gasteiger partial charge in [0, 0.05) is 5.02 Å². The molecule has 1 amide bonds. The third-order valence-electron chi connectivity index (χ3n) is 2.21. The highest BCUT2D eigenvalue weighted by Crippen LogP contribution is 2.21. The molecule has 0 bridgehead atoms. The molecule has 0 atom stereocenters. The highest BCUT2D eigenvalue weighted by Gasteiger charge is 2.28. The number of amides is 1. The minimum absolute atomic E-state index is 0.145. The summed E-state index contributed by atoms with van der Waals surface area (Å²) in [6.07, 6.45) is 1.52. The Morgan fingerprint density at radius 1 is 1.29 bits per heavy atom. The topological polar surface area (TPSA) is 78.8 Å². The standard InChI is InChI=1S/C11H7ClN2O3/c12-7-3-1-6(2-4-7)5-8-10(15)9(14-17)11(16)13-8/h1-5,15H,(H,13,16)/b8-5+. The summed E-state index contributed by atoms with van der Waals surface area (Å²) in [4.78, 5) is 21.5. The maximum absolute atomic E-state index is 11.2. The van der Waals surface area contributed by atoms with Gasteiger partial charge in [0.15, 0.2) is 5.76 Å². The van der Waals surface area contributed by atoms with Gasteiger partial charge in [0.25, 0.3) is 5.91 Å². The van der Waals surface area contributed by atoms with Crippen LogP contribution in [0.4, 0.5) is 0 Å². The number of aliphatic hydroxyl groups excluding tert-OH is 1. The highest BCUT2D eigenvalue weighted by atomic mass is 35.5. The number of nitrogens with one attached hydrogen (secondary N) is 1. The van der Waals surface area contributed by atoms with E-state index >= 15 is 0 Å². The molecule has 1 aliphatic heterocycles. The number of hydrogen-bond acceptors (Lipinski definition) is 4. The summed E-state index contributed by atoms with van der Waals surface area (Å²) >= 11 is 5.72. The zero-order chi connectivity index (χ0) is 12.4. The molecule has 1 aromatic carbocycles. The average molecular weight is 251 g/mol. The Balaban J connectivity index is 2.37. The predicted molar refractivity (Wildman–Crippen MR) is 63.0 cm³/mol. The van der Waals surface area contributed by atoms with Crippen LogP contribution in [0.2, 0.25) is 5.02 Å². The first kappa shape index (κ1) is 11.3. The number of carbonyl (C=O) groups excluding carboxylic acids is 1. The van der Waals surface area contributed by atoms with Crippen molar-refractivity contribution in [2.75, 3.05) is 0 Å². The summed E-state index contributed by atoms with van der Waals surface area (Å²) < 4.78 is 0. The molecule has 0 saturated carbocycles. The lowest BCUT2D eigenvalue weighted by molar-refractivity contribution is -0.116. The monoisotopic (exact) mass is 250 g/mol. The van der Waals surface area contributed by atoms with Crippen molar-refractivity contribution in [1.82, 2.24) is 5.32 Å². The molecule has 5 nitrogen and oxygen atoms in total. The van der Waals surface area contributed by atoms with Crippen molar-refractivity contribution in [3.05, 3.63) is 56.9 Å². The first-order chi connectivity index (χ1) is 8.11. The summed E-state index contributed by atoms with van der Waals surface area (Å²) in [5.74, 6) is -1.15. The van der Waals surface area contributed by atoms with Crippen molar-refractivity contribution < 1.29 is 9.90 Å². The average Bonchev–Trinajstić information content (AvgIpc) is 2.57. The van der Waals surface area contributed by atoms with Crippen LogP contribution < -0.4 is 5.32 Å². The van der Waals surface area contributed by atoms with Crippen LogP contribution in [0, 0.1) is 4.91 Å². The second-order valence-electron chi connectivity index (χ2n) is 3.35. The van der Waals surface area contributed by atoms with Crippen molar-refractivity contribution in [2.24, 2.45) is 5.18 Å². The first-order valence-corrected chi connectivity index (χ1v) is 5.05. The van der Waals surface area contributed by atoms with Crippen molar-refractivity contribution >= 4 is 23.6 Å². The quantitative estimate of drug-likeness (QED) is 0.791. The van der Waals surface area contributed by atoms with Gasteiger partial charge in [-0.1, -0.05) is 23.7 Å². The number of aliphatic hydroxyl groups is 1. The Morgan fingerprint density at radius 2 is 1.94 bits per heavy atom. The molecule has 0 unspecified atom stereocenters.